The van der Waals surface area contributed by atoms with Crippen molar-refractivity contribution in [2.45, 2.75) is 20.0 Å². The molecule has 2 aliphatic heterocycles. The lowest BCUT2D eigenvalue weighted by Gasteiger charge is -2.19. The zero-order valence-corrected chi connectivity index (χ0v) is 15.2. The van der Waals surface area contributed by atoms with Crippen LogP contribution in [0, 0.1) is 25.7 Å². The molecule has 7 heteroatoms. The number of likely N-dealkylation sites (tertiary alicyclic amines) is 1. The molecule has 0 saturated carbocycles. The molecule has 0 radical (unpaired) electrons. The first-order chi connectivity index (χ1) is 12.1. The predicted molar refractivity (Wildman–Crippen MR) is 93.9 cm³/mol. The number of aromatic nitrogens is 2. The molecule has 2 saturated heterocycles. The van der Waals surface area contributed by atoms with E-state index in [-0.39, 0.29) is 12.0 Å². The Morgan fingerprint density at radius 3 is 3.00 bits per heavy atom. The minimum Gasteiger partial charge on any atom is -0.492 e. The van der Waals surface area contributed by atoms with Gasteiger partial charge in [-0.15, -0.1) is 11.3 Å². The molecular formula is C18H21N3O3S. The fourth-order valence-electron chi connectivity index (χ4n) is 3.50. The van der Waals surface area contributed by atoms with Gasteiger partial charge in [-0.3, -0.25) is 9.78 Å². The highest BCUT2D eigenvalue weighted by Gasteiger charge is 2.45. The number of aryl methyl sites for hydroxylation is 2. The summed E-state index contributed by atoms with van der Waals surface area (Å²) in [6.45, 7) is 6.49. The lowest BCUT2D eigenvalue weighted by Crippen LogP contribution is -2.32. The van der Waals surface area contributed by atoms with Gasteiger partial charge in [0.2, 0.25) is 0 Å². The Morgan fingerprint density at radius 2 is 2.28 bits per heavy atom. The van der Waals surface area contributed by atoms with Gasteiger partial charge >= 0.3 is 0 Å². The minimum atomic E-state index is 0.00440. The molecule has 0 spiro atoms. The van der Waals surface area contributed by atoms with E-state index in [4.69, 9.17) is 9.47 Å². The number of amides is 1. The molecule has 25 heavy (non-hydrogen) atoms. The smallest absolute Gasteiger partial charge is 0.273 e. The van der Waals surface area contributed by atoms with E-state index < -0.39 is 0 Å². The van der Waals surface area contributed by atoms with Gasteiger partial charge in [0.25, 0.3) is 5.91 Å². The summed E-state index contributed by atoms with van der Waals surface area (Å²) in [5.41, 5.74) is 1.51. The Kier molecular flexibility index (Phi) is 4.43. The van der Waals surface area contributed by atoms with Gasteiger partial charge in [-0.05, 0) is 26.0 Å². The van der Waals surface area contributed by atoms with Crippen LogP contribution >= 0.6 is 11.3 Å². The van der Waals surface area contributed by atoms with E-state index in [1.54, 1.807) is 6.20 Å². The molecule has 4 heterocycles. The van der Waals surface area contributed by atoms with Crippen LogP contribution in [0.4, 0.5) is 0 Å². The van der Waals surface area contributed by atoms with Gasteiger partial charge in [0, 0.05) is 36.0 Å². The fraction of sp³-hybridized carbons (Fsp3) is 0.500. The Morgan fingerprint density at radius 1 is 1.40 bits per heavy atom. The van der Waals surface area contributed by atoms with Gasteiger partial charge in [-0.25, -0.2) is 4.98 Å². The van der Waals surface area contributed by atoms with Crippen LogP contribution in [0.5, 0.6) is 5.75 Å². The monoisotopic (exact) mass is 359 g/mol. The summed E-state index contributed by atoms with van der Waals surface area (Å²) < 4.78 is 11.8. The summed E-state index contributed by atoms with van der Waals surface area (Å²) in [7, 11) is 0. The van der Waals surface area contributed by atoms with Crippen LogP contribution in [0.3, 0.4) is 0 Å². The maximum atomic E-state index is 12.6. The summed E-state index contributed by atoms with van der Waals surface area (Å²) in [6, 6.07) is 3.87. The molecule has 3 atom stereocenters. The molecule has 0 unspecified atom stereocenters. The second kappa shape index (κ2) is 6.72. The zero-order chi connectivity index (χ0) is 17.4. The van der Waals surface area contributed by atoms with Crippen molar-refractivity contribution >= 4 is 17.2 Å². The molecule has 132 valence electrons. The first-order valence-corrected chi connectivity index (χ1v) is 9.36. The first kappa shape index (κ1) is 16.5. The van der Waals surface area contributed by atoms with Crippen molar-refractivity contribution in [2.75, 3.05) is 26.3 Å². The molecule has 0 bridgehead atoms. The summed E-state index contributed by atoms with van der Waals surface area (Å²) in [5.74, 6) is 1.39. The highest BCUT2D eigenvalue weighted by molar-refractivity contribution is 7.09. The van der Waals surface area contributed by atoms with Crippen LogP contribution < -0.4 is 4.74 Å². The number of pyridine rings is 1. The average molecular weight is 359 g/mol. The Hall–Kier alpha value is -1.99. The van der Waals surface area contributed by atoms with Gasteiger partial charge in [0.05, 0.1) is 30.5 Å². The van der Waals surface area contributed by atoms with E-state index in [1.807, 2.05) is 36.3 Å². The van der Waals surface area contributed by atoms with E-state index in [2.05, 4.69) is 9.97 Å². The largest absolute Gasteiger partial charge is 0.492 e. The van der Waals surface area contributed by atoms with Crippen molar-refractivity contribution in [3.63, 3.8) is 0 Å². The number of carbonyl (C=O) groups excluding carboxylic acids is 1. The molecule has 0 aliphatic carbocycles. The van der Waals surface area contributed by atoms with Crippen molar-refractivity contribution in [1.82, 2.24) is 14.9 Å². The predicted octanol–water partition coefficient (Wildman–Crippen LogP) is 2.32. The van der Waals surface area contributed by atoms with Crippen molar-refractivity contribution in [1.29, 1.82) is 0 Å². The number of thiazole rings is 1. The number of rotatable bonds is 4. The lowest BCUT2D eigenvalue weighted by atomic mass is 9.94. The van der Waals surface area contributed by atoms with Crippen molar-refractivity contribution in [2.24, 2.45) is 11.8 Å². The summed E-state index contributed by atoms with van der Waals surface area (Å²) in [6.07, 6.45) is 1.85. The van der Waals surface area contributed by atoms with E-state index in [1.165, 1.54) is 11.3 Å². The van der Waals surface area contributed by atoms with Crippen LogP contribution in [0.2, 0.25) is 0 Å². The van der Waals surface area contributed by atoms with Crippen LogP contribution in [0.25, 0.3) is 0 Å². The lowest BCUT2D eigenvalue weighted by molar-refractivity contribution is 0.0657. The zero-order valence-electron chi connectivity index (χ0n) is 14.3. The van der Waals surface area contributed by atoms with Crippen LogP contribution in [0.1, 0.15) is 21.2 Å². The molecule has 4 rings (SSSR count). The summed E-state index contributed by atoms with van der Waals surface area (Å²) in [5, 5.41) is 2.74. The van der Waals surface area contributed by atoms with E-state index in [0.29, 0.717) is 43.8 Å². The normalized spacial score (nSPS) is 25.2. The Balaban J connectivity index is 1.36. The molecule has 2 aliphatic rings. The fourth-order valence-corrected chi connectivity index (χ4v) is 4.09. The van der Waals surface area contributed by atoms with Crippen molar-refractivity contribution in [3.05, 3.63) is 40.1 Å². The highest BCUT2D eigenvalue weighted by atomic mass is 32.1. The second-order valence-corrected chi connectivity index (χ2v) is 7.77. The van der Waals surface area contributed by atoms with Gasteiger partial charge < -0.3 is 14.4 Å². The van der Waals surface area contributed by atoms with Gasteiger partial charge in [0.15, 0.2) is 0 Å². The van der Waals surface area contributed by atoms with Crippen molar-refractivity contribution in [3.8, 4) is 5.75 Å². The van der Waals surface area contributed by atoms with Gasteiger partial charge in [-0.2, -0.15) is 0 Å². The Labute approximate surface area is 150 Å². The molecule has 1 amide bonds. The van der Waals surface area contributed by atoms with Crippen LogP contribution in [-0.2, 0) is 4.74 Å². The Bertz CT molecular complexity index is 761. The molecule has 2 aromatic heterocycles. The van der Waals surface area contributed by atoms with Crippen molar-refractivity contribution < 1.29 is 14.3 Å². The van der Waals surface area contributed by atoms with Crippen LogP contribution in [0.15, 0.2) is 23.7 Å². The SMILES string of the molecule is Cc1ccc(OC[C@H]2CO[C@@H]3CN(C(=O)c4csc(C)n4)C[C@H]23)cn1. The molecule has 0 aromatic carbocycles. The summed E-state index contributed by atoms with van der Waals surface area (Å²) >= 11 is 1.50. The molecule has 2 aromatic rings. The van der Waals surface area contributed by atoms with Gasteiger partial charge in [-0.1, -0.05) is 0 Å². The topological polar surface area (TPSA) is 64.6 Å². The molecule has 0 N–H and O–H groups in total. The van der Waals surface area contributed by atoms with E-state index in [9.17, 15) is 4.79 Å². The van der Waals surface area contributed by atoms with Crippen LogP contribution in [-0.4, -0.2) is 53.2 Å². The number of ether oxygens (including phenoxy) is 2. The molecular weight excluding hydrogens is 338 g/mol. The maximum Gasteiger partial charge on any atom is 0.273 e. The van der Waals surface area contributed by atoms with E-state index >= 15 is 0 Å². The third kappa shape index (κ3) is 3.39. The molecule has 6 nitrogen and oxygen atoms in total. The number of hydrogen-bond donors (Lipinski definition) is 0. The third-order valence-electron chi connectivity index (χ3n) is 4.91. The quantitative estimate of drug-likeness (QED) is 0.838. The highest BCUT2D eigenvalue weighted by Crippen LogP contribution is 2.34. The number of hydrogen-bond acceptors (Lipinski definition) is 6. The maximum absolute atomic E-state index is 12.6. The number of carbonyl (C=O) groups is 1. The molecule has 2 fully saturated rings. The third-order valence-corrected chi connectivity index (χ3v) is 5.69. The van der Waals surface area contributed by atoms with E-state index in [0.717, 1.165) is 16.5 Å². The second-order valence-electron chi connectivity index (χ2n) is 6.70. The average Bonchev–Trinajstić information content (AvgIpc) is 3.30. The standard InChI is InChI=1S/C18H21N3O3S/c1-11-3-4-14(5-19-11)23-8-13-9-24-17-7-21(6-15(13)17)18(22)16-10-25-12(2)20-16/h3-5,10,13,15,17H,6-9H2,1-2H3/t13-,15+,17+/m0/s1. The summed E-state index contributed by atoms with van der Waals surface area (Å²) in [4.78, 5) is 23.0. The minimum absolute atomic E-state index is 0.00440. The first-order valence-electron chi connectivity index (χ1n) is 8.48. The number of nitrogens with zero attached hydrogens (tertiary/aromatic N) is 3. The van der Waals surface area contributed by atoms with Gasteiger partial charge in [0.1, 0.15) is 11.4 Å². The number of fused-ring (bicyclic) bond motifs is 1.